The lowest BCUT2D eigenvalue weighted by atomic mass is 10.6. The van der Waals surface area contributed by atoms with Gasteiger partial charge in [0.15, 0.2) is 0 Å². The maximum Gasteiger partial charge on any atom is 0.344 e. The zero-order chi connectivity index (χ0) is 11.4. The number of rotatable bonds is 4. The van der Waals surface area contributed by atoms with E-state index in [9.17, 15) is 4.79 Å². The second-order valence-electron chi connectivity index (χ2n) is 2.59. The summed E-state index contributed by atoms with van der Waals surface area (Å²) < 4.78 is 8.54. The number of esters is 1. The van der Waals surface area contributed by atoms with Crippen LogP contribution >= 0.6 is 23.3 Å². The van der Waals surface area contributed by atoms with E-state index in [1.165, 1.54) is 18.6 Å². The van der Waals surface area contributed by atoms with Crippen LogP contribution in [0.25, 0.3) is 4.91 Å². The van der Waals surface area contributed by atoms with Gasteiger partial charge in [-0.2, -0.15) is 4.37 Å². The second kappa shape index (κ2) is 5.09. The molecular formula is C9H10N2O2S2. The van der Waals surface area contributed by atoms with Crippen molar-refractivity contribution in [3.05, 3.63) is 28.9 Å². The summed E-state index contributed by atoms with van der Waals surface area (Å²) in [6.45, 7) is 9.18. The fraction of sp³-hybridized carbons (Fsp3) is 0.222. The Morgan fingerprint density at radius 3 is 2.67 bits per heavy atom. The van der Waals surface area contributed by atoms with Gasteiger partial charge in [0.05, 0.1) is 12.0 Å². The molecular weight excluding hydrogens is 232 g/mol. The van der Waals surface area contributed by atoms with Crippen molar-refractivity contribution < 1.29 is 9.53 Å². The highest BCUT2D eigenvalue weighted by Gasteiger charge is 2.12. The molecule has 0 saturated heterocycles. The van der Waals surface area contributed by atoms with Gasteiger partial charge in [-0.25, -0.2) is 9.78 Å². The van der Waals surface area contributed by atoms with Crippen molar-refractivity contribution >= 4 is 34.2 Å². The largest absolute Gasteiger partial charge is 0.465 e. The summed E-state index contributed by atoms with van der Waals surface area (Å²) in [6.07, 6.45) is 0. The highest BCUT2D eigenvalue weighted by molar-refractivity contribution is 8.12. The maximum absolute atomic E-state index is 11.1. The number of carbonyl (C=O) groups excluding carboxylic acids is 1. The van der Waals surface area contributed by atoms with Gasteiger partial charge >= 0.3 is 5.97 Å². The van der Waals surface area contributed by atoms with E-state index in [4.69, 9.17) is 0 Å². The Balaban J connectivity index is 2.64. The first kappa shape index (κ1) is 11.9. The van der Waals surface area contributed by atoms with Gasteiger partial charge < -0.3 is 4.74 Å². The number of nitrogens with zero attached hydrogens (tertiary/aromatic N) is 2. The van der Waals surface area contributed by atoms with Gasteiger partial charge in [0.1, 0.15) is 10.8 Å². The van der Waals surface area contributed by atoms with Crippen LogP contribution in [-0.2, 0) is 9.53 Å². The van der Waals surface area contributed by atoms with Crippen LogP contribution in [0, 0.1) is 6.92 Å². The number of aryl methyl sites for hydroxylation is 1. The van der Waals surface area contributed by atoms with Crippen LogP contribution in [0.15, 0.2) is 18.1 Å². The molecule has 0 N–H and O–H groups in total. The van der Waals surface area contributed by atoms with Gasteiger partial charge in [0.2, 0.25) is 0 Å². The summed E-state index contributed by atoms with van der Waals surface area (Å²) in [4.78, 5) is 16.1. The monoisotopic (exact) mass is 242 g/mol. The number of methoxy groups -OCH3 is 1. The summed E-state index contributed by atoms with van der Waals surface area (Å²) in [5, 5.41) is 0.697. The minimum atomic E-state index is -0.456. The van der Waals surface area contributed by atoms with Gasteiger partial charge in [-0.1, -0.05) is 24.9 Å². The summed E-state index contributed by atoms with van der Waals surface area (Å²) in [7, 11) is 1.31. The van der Waals surface area contributed by atoms with Crippen LogP contribution in [0.5, 0.6) is 0 Å². The van der Waals surface area contributed by atoms with Gasteiger partial charge in [-0.3, -0.25) is 0 Å². The molecule has 0 spiro atoms. The van der Waals surface area contributed by atoms with E-state index in [2.05, 4.69) is 27.3 Å². The highest BCUT2D eigenvalue weighted by Crippen LogP contribution is 2.32. The van der Waals surface area contributed by atoms with Crippen molar-refractivity contribution in [2.24, 2.45) is 0 Å². The van der Waals surface area contributed by atoms with Crippen molar-refractivity contribution in [3.63, 3.8) is 0 Å². The van der Waals surface area contributed by atoms with Crippen molar-refractivity contribution in [3.8, 4) is 0 Å². The molecule has 0 amide bonds. The molecule has 0 aliphatic carbocycles. The number of thioether (sulfide) groups is 1. The minimum Gasteiger partial charge on any atom is -0.465 e. The number of hydrogen-bond acceptors (Lipinski definition) is 6. The maximum atomic E-state index is 11.1. The smallest absolute Gasteiger partial charge is 0.344 e. The van der Waals surface area contributed by atoms with E-state index in [0.717, 1.165) is 11.8 Å². The Morgan fingerprint density at radius 1 is 1.53 bits per heavy atom. The lowest BCUT2D eigenvalue weighted by Gasteiger charge is -2.02. The predicted octanol–water partition coefficient (Wildman–Crippen LogP) is 2.24. The normalized spacial score (nSPS) is 9.73. The summed E-state index contributed by atoms with van der Waals surface area (Å²) in [5.74, 6) is 0.239. The Bertz CT molecular complexity index is 412. The summed E-state index contributed by atoms with van der Waals surface area (Å²) >= 11 is 2.39. The first-order chi connectivity index (χ1) is 7.04. The molecule has 0 aliphatic heterocycles. The van der Waals surface area contributed by atoms with Crippen LogP contribution in [0.4, 0.5) is 0 Å². The molecule has 0 radical (unpaired) electrons. The predicted molar refractivity (Wildman–Crippen MR) is 62.4 cm³/mol. The molecule has 0 atom stereocenters. The zero-order valence-corrected chi connectivity index (χ0v) is 10.1. The number of hydrogen-bond donors (Lipinski definition) is 0. The van der Waals surface area contributed by atoms with Crippen molar-refractivity contribution in [2.45, 2.75) is 6.92 Å². The molecule has 0 fully saturated rings. The van der Waals surface area contributed by atoms with Gasteiger partial charge in [-0.15, -0.1) is 0 Å². The van der Waals surface area contributed by atoms with Gasteiger partial charge in [0, 0.05) is 4.91 Å². The molecule has 1 rings (SSSR count). The molecule has 1 aromatic rings. The van der Waals surface area contributed by atoms with Crippen LogP contribution in [0.2, 0.25) is 0 Å². The SMILES string of the molecule is C=C(SC(=C)c1nc(C)ns1)C(=O)OC. The highest BCUT2D eigenvalue weighted by atomic mass is 32.2. The third-order valence-electron chi connectivity index (χ3n) is 1.43. The molecule has 15 heavy (non-hydrogen) atoms. The van der Waals surface area contributed by atoms with E-state index in [1.807, 2.05) is 0 Å². The van der Waals surface area contributed by atoms with Crippen molar-refractivity contribution in [1.82, 2.24) is 9.36 Å². The molecule has 0 bridgehead atoms. The van der Waals surface area contributed by atoms with Gasteiger partial charge in [-0.05, 0) is 18.5 Å². The molecule has 0 aromatic carbocycles. The van der Waals surface area contributed by atoms with E-state index in [1.54, 1.807) is 6.92 Å². The zero-order valence-electron chi connectivity index (χ0n) is 8.44. The summed E-state index contributed by atoms with van der Waals surface area (Å²) in [5.41, 5.74) is 0. The van der Waals surface area contributed by atoms with E-state index in [0.29, 0.717) is 15.7 Å². The average molecular weight is 242 g/mol. The lowest BCUT2D eigenvalue weighted by Crippen LogP contribution is -2.00. The molecule has 1 heterocycles. The molecule has 6 heteroatoms. The first-order valence-corrected chi connectivity index (χ1v) is 5.58. The number of carbonyl (C=O) groups is 1. The van der Waals surface area contributed by atoms with Crippen molar-refractivity contribution in [2.75, 3.05) is 7.11 Å². The van der Waals surface area contributed by atoms with Crippen LogP contribution < -0.4 is 0 Å². The second-order valence-corrected chi connectivity index (χ2v) is 4.53. The Morgan fingerprint density at radius 2 is 2.20 bits per heavy atom. The van der Waals surface area contributed by atoms with Crippen LogP contribution in [0.1, 0.15) is 10.8 Å². The molecule has 0 saturated carbocycles. The number of ether oxygens (including phenoxy) is 1. The fourth-order valence-electron chi connectivity index (χ4n) is 0.758. The fourth-order valence-corrected chi connectivity index (χ4v) is 2.13. The van der Waals surface area contributed by atoms with E-state index < -0.39 is 5.97 Å². The third kappa shape index (κ3) is 3.17. The average Bonchev–Trinajstić information content (AvgIpc) is 2.63. The topological polar surface area (TPSA) is 52.1 Å². The minimum absolute atomic E-state index is 0.287. The molecule has 1 aromatic heterocycles. The number of aromatic nitrogens is 2. The lowest BCUT2D eigenvalue weighted by molar-refractivity contribution is -0.135. The standard InChI is InChI=1S/C9H10N2O2S2/c1-5(8-10-7(3)11-15-8)14-6(2)9(12)13-4/h1-2H2,3-4H3. The summed E-state index contributed by atoms with van der Waals surface area (Å²) in [6, 6.07) is 0. The molecule has 80 valence electrons. The quantitative estimate of drug-likeness (QED) is 0.598. The van der Waals surface area contributed by atoms with Crippen LogP contribution in [0.3, 0.4) is 0 Å². The van der Waals surface area contributed by atoms with Crippen molar-refractivity contribution in [1.29, 1.82) is 0 Å². The molecule has 4 nitrogen and oxygen atoms in total. The van der Waals surface area contributed by atoms with Gasteiger partial charge in [0.25, 0.3) is 0 Å². The third-order valence-corrected chi connectivity index (χ3v) is 3.27. The first-order valence-electron chi connectivity index (χ1n) is 3.99. The Hall–Kier alpha value is -1.14. The molecule has 0 aliphatic rings. The Kier molecular flexibility index (Phi) is 4.05. The van der Waals surface area contributed by atoms with E-state index in [-0.39, 0.29) is 4.91 Å². The Labute approximate surface area is 96.2 Å². The van der Waals surface area contributed by atoms with Crippen LogP contribution in [-0.4, -0.2) is 22.4 Å². The molecule has 0 unspecified atom stereocenters. The van der Waals surface area contributed by atoms with E-state index >= 15 is 0 Å².